The van der Waals surface area contributed by atoms with Gasteiger partial charge in [0, 0.05) is 17.7 Å². The lowest BCUT2D eigenvalue weighted by molar-refractivity contribution is -0.137. The van der Waals surface area contributed by atoms with Crippen molar-refractivity contribution >= 4 is 11.9 Å². The van der Waals surface area contributed by atoms with E-state index in [1.165, 1.54) is 0 Å². The Morgan fingerprint density at radius 1 is 0.976 bits per heavy atom. The first kappa shape index (κ1) is 27.3. The average Bonchev–Trinajstić information content (AvgIpc) is 3.65. The number of hydrogen-bond donors (Lipinski definition) is 3. The van der Waals surface area contributed by atoms with E-state index < -0.39 is 17.9 Å². The Labute approximate surface area is 236 Å². The molecule has 0 aliphatic rings. The van der Waals surface area contributed by atoms with E-state index in [0.29, 0.717) is 31.3 Å². The van der Waals surface area contributed by atoms with Crippen molar-refractivity contribution in [3.05, 3.63) is 102 Å². The topological polar surface area (TPSA) is 148 Å². The smallest absolute Gasteiger partial charge is 0.305 e. The van der Waals surface area contributed by atoms with E-state index >= 15 is 0 Å². The molecule has 5 aromatic rings. The summed E-state index contributed by atoms with van der Waals surface area (Å²) >= 11 is 0. The predicted molar refractivity (Wildman–Crippen MR) is 151 cm³/mol. The van der Waals surface area contributed by atoms with Crippen LogP contribution < -0.4 is 10.1 Å². The molecule has 0 fully saturated rings. The number of nitrogens with zero attached hydrogens (tertiary/aromatic N) is 5. The van der Waals surface area contributed by atoms with Gasteiger partial charge in [0.1, 0.15) is 0 Å². The summed E-state index contributed by atoms with van der Waals surface area (Å²) < 4.78 is 7.39. The van der Waals surface area contributed by atoms with Gasteiger partial charge in [0.05, 0.1) is 19.6 Å². The molecule has 0 saturated carbocycles. The van der Waals surface area contributed by atoms with Crippen molar-refractivity contribution < 1.29 is 19.4 Å². The van der Waals surface area contributed by atoms with Crippen molar-refractivity contribution in [1.82, 2.24) is 35.7 Å². The van der Waals surface area contributed by atoms with Crippen LogP contribution in [0.1, 0.15) is 35.0 Å². The highest BCUT2D eigenvalue weighted by Gasteiger charge is 2.21. The molecular weight excluding hydrogens is 522 g/mol. The fourth-order valence-electron chi connectivity index (χ4n) is 4.61. The first-order valence-corrected chi connectivity index (χ1v) is 13.2. The zero-order valence-electron chi connectivity index (χ0n) is 22.4. The number of ether oxygens (including phenoxy) is 1. The maximum absolute atomic E-state index is 13.1. The summed E-state index contributed by atoms with van der Waals surface area (Å²) in [5.41, 5.74) is 4.91. The minimum absolute atomic E-state index is 0.156. The Balaban J connectivity index is 1.33. The number of H-pyrrole nitrogens is 1. The van der Waals surface area contributed by atoms with Crippen LogP contribution in [0.5, 0.6) is 5.88 Å². The number of benzene rings is 3. The molecule has 11 heteroatoms. The van der Waals surface area contributed by atoms with Gasteiger partial charge in [-0.25, -0.2) is 9.78 Å². The maximum atomic E-state index is 13.1. The normalized spacial score (nSPS) is 11.6. The summed E-state index contributed by atoms with van der Waals surface area (Å²) in [7, 11) is 0. The summed E-state index contributed by atoms with van der Waals surface area (Å²) in [6.07, 6.45) is 0.183. The van der Waals surface area contributed by atoms with Gasteiger partial charge >= 0.3 is 5.97 Å². The van der Waals surface area contributed by atoms with E-state index in [0.717, 1.165) is 27.8 Å². The van der Waals surface area contributed by atoms with Gasteiger partial charge in [-0.15, -0.1) is 5.10 Å². The maximum Gasteiger partial charge on any atom is 0.305 e. The molecule has 208 valence electrons. The Morgan fingerprint density at radius 2 is 1.71 bits per heavy atom. The molecule has 1 unspecified atom stereocenters. The van der Waals surface area contributed by atoms with Gasteiger partial charge in [0.25, 0.3) is 5.91 Å². The van der Waals surface area contributed by atoms with Crippen LogP contribution in [0.25, 0.3) is 22.5 Å². The third kappa shape index (κ3) is 6.82. The van der Waals surface area contributed by atoms with E-state index in [-0.39, 0.29) is 12.1 Å². The molecule has 11 nitrogen and oxygen atoms in total. The van der Waals surface area contributed by atoms with Gasteiger partial charge in [-0.3, -0.25) is 9.59 Å². The zero-order valence-corrected chi connectivity index (χ0v) is 22.4. The molecule has 1 amide bonds. The number of carbonyl (C=O) groups excluding carboxylic acids is 1. The highest BCUT2D eigenvalue weighted by atomic mass is 16.5. The number of aromatic amines is 1. The zero-order chi connectivity index (χ0) is 28.6. The summed E-state index contributed by atoms with van der Waals surface area (Å²) in [5.74, 6) is -0.415. The summed E-state index contributed by atoms with van der Waals surface area (Å²) in [4.78, 5) is 24.6. The van der Waals surface area contributed by atoms with Crippen LogP contribution in [0.15, 0.2) is 84.9 Å². The van der Waals surface area contributed by atoms with Gasteiger partial charge in [-0.1, -0.05) is 78.9 Å². The molecule has 0 aliphatic heterocycles. The van der Waals surface area contributed by atoms with Crippen molar-refractivity contribution in [1.29, 1.82) is 0 Å². The Morgan fingerprint density at radius 3 is 2.39 bits per heavy atom. The average molecular weight is 552 g/mol. The van der Waals surface area contributed by atoms with E-state index in [1.54, 1.807) is 10.7 Å². The molecule has 0 aliphatic carbocycles. The Kier molecular flexibility index (Phi) is 8.43. The standard InChI is InChI=1S/C30H29N7O4/c1-2-41-27-18-26(30(40)31-23(17-28(38)39)16-20-8-4-3-5-9-20)34-37(27)19-21-12-14-22(15-13-21)24-10-6-7-11-25(24)29-32-35-36-33-29/h3-15,18,23H,2,16-17,19H2,1H3,(H,31,40)(H,38,39)(H,32,33,35,36). The highest BCUT2D eigenvalue weighted by Crippen LogP contribution is 2.30. The number of rotatable bonds is 12. The van der Waals surface area contributed by atoms with Crippen LogP contribution in [-0.4, -0.2) is 60.0 Å². The summed E-state index contributed by atoms with van der Waals surface area (Å²) in [5, 5.41) is 30.9. The fraction of sp³-hybridized carbons (Fsp3) is 0.200. The van der Waals surface area contributed by atoms with Gasteiger partial charge in [0.15, 0.2) is 11.5 Å². The van der Waals surface area contributed by atoms with Crippen molar-refractivity contribution in [3.63, 3.8) is 0 Å². The number of carbonyl (C=O) groups is 2. The molecule has 5 rings (SSSR count). The number of hydrogen-bond acceptors (Lipinski definition) is 7. The summed E-state index contributed by atoms with van der Waals surface area (Å²) in [6.45, 7) is 2.63. The van der Waals surface area contributed by atoms with Gasteiger partial charge < -0.3 is 15.2 Å². The molecule has 41 heavy (non-hydrogen) atoms. The molecule has 3 aromatic carbocycles. The highest BCUT2D eigenvalue weighted by molar-refractivity contribution is 5.93. The molecule has 0 saturated heterocycles. The van der Waals surface area contributed by atoms with E-state index in [4.69, 9.17) is 4.74 Å². The molecule has 0 spiro atoms. The number of carboxylic acid groups (broad SMARTS) is 1. The molecule has 3 N–H and O–H groups in total. The third-order valence-corrected chi connectivity index (χ3v) is 6.47. The second-order valence-electron chi connectivity index (χ2n) is 9.41. The molecule has 0 bridgehead atoms. The molecule has 2 aromatic heterocycles. The van der Waals surface area contributed by atoms with Crippen molar-refractivity contribution in [2.75, 3.05) is 6.61 Å². The van der Waals surface area contributed by atoms with Crippen LogP contribution >= 0.6 is 0 Å². The van der Waals surface area contributed by atoms with Crippen LogP contribution in [0.3, 0.4) is 0 Å². The Bertz CT molecular complexity index is 1600. The molecule has 2 heterocycles. The van der Waals surface area contributed by atoms with Crippen LogP contribution in [0, 0.1) is 0 Å². The van der Waals surface area contributed by atoms with Gasteiger partial charge in [-0.05, 0) is 46.0 Å². The van der Waals surface area contributed by atoms with Gasteiger partial charge in [-0.2, -0.15) is 5.10 Å². The lowest BCUT2D eigenvalue weighted by atomic mass is 9.98. The second-order valence-corrected chi connectivity index (χ2v) is 9.41. The van der Waals surface area contributed by atoms with Crippen molar-refractivity contribution in [2.24, 2.45) is 0 Å². The van der Waals surface area contributed by atoms with E-state index in [2.05, 4.69) is 31.0 Å². The largest absolute Gasteiger partial charge is 0.481 e. The minimum Gasteiger partial charge on any atom is -0.481 e. The fourth-order valence-corrected chi connectivity index (χ4v) is 4.61. The number of nitrogens with one attached hydrogen (secondary N) is 2. The number of amides is 1. The number of tetrazole rings is 1. The minimum atomic E-state index is -0.990. The van der Waals surface area contributed by atoms with E-state index in [1.807, 2.05) is 85.8 Å². The van der Waals surface area contributed by atoms with Crippen molar-refractivity contribution in [2.45, 2.75) is 32.4 Å². The van der Waals surface area contributed by atoms with Crippen LogP contribution in [-0.2, 0) is 17.8 Å². The molecular formula is C30H29N7O4. The van der Waals surface area contributed by atoms with Gasteiger partial charge in [0.2, 0.25) is 5.88 Å². The lowest BCUT2D eigenvalue weighted by Crippen LogP contribution is -2.38. The first-order valence-electron chi connectivity index (χ1n) is 13.2. The number of carboxylic acids is 1. The number of aliphatic carboxylic acids is 1. The lowest BCUT2D eigenvalue weighted by Gasteiger charge is -2.16. The first-order chi connectivity index (χ1) is 20.0. The Hall–Kier alpha value is -5.32. The molecule has 0 radical (unpaired) electrons. The van der Waals surface area contributed by atoms with E-state index in [9.17, 15) is 14.7 Å². The second kappa shape index (κ2) is 12.7. The number of aromatic nitrogens is 6. The van der Waals surface area contributed by atoms with Crippen LogP contribution in [0.4, 0.5) is 0 Å². The van der Waals surface area contributed by atoms with Crippen LogP contribution in [0.2, 0.25) is 0 Å². The quantitative estimate of drug-likeness (QED) is 0.211. The predicted octanol–water partition coefficient (Wildman–Crippen LogP) is 3.99. The molecule has 1 atom stereocenters. The van der Waals surface area contributed by atoms with Crippen molar-refractivity contribution in [3.8, 4) is 28.4 Å². The third-order valence-electron chi connectivity index (χ3n) is 6.47. The monoisotopic (exact) mass is 551 g/mol. The SMILES string of the molecule is CCOc1cc(C(=O)NC(CC(=O)O)Cc2ccccc2)nn1Cc1ccc(-c2ccccc2-c2nnn[nH]2)cc1. The summed E-state index contributed by atoms with van der Waals surface area (Å²) in [6, 6.07) is 26.3.